The van der Waals surface area contributed by atoms with Crippen LogP contribution >= 0.6 is 11.8 Å². The summed E-state index contributed by atoms with van der Waals surface area (Å²) in [4.78, 5) is 18.3. The van der Waals surface area contributed by atoms with Crippen LogP contribution in [0.15, 0.2) is 58.3 Å². The molecule has 31 heavy (non-hydrogen) atoms. The number of fused-ring (bicyclic) bond motifs is 1. The van der Waals surface area contributed by atoms with Crippen molar-refractivity contribution in [2.75, 3.05) is 23.7 Å². The van der Waals surface area contributed by atoms with E-state index in [-0.39, 0.29) is 11.5 Å². The van der Waals surface area contributed by atoms with E-state index in [0.29, 0.717) is 16.7 Å². The maximum absolute atomic E-state index is 12.8. The molecule has 0 aliphatic carbocycles. The highest BCUT2D eigenvalue weighted by atomic mass is 32.2. The number of Topliss-reactive ketones (excluding diaryl/α,β-unsaturated/α-hetero) is 1. The number of thioether (sulfide) groups is 1. The summed E-state index contributed by atoms with van der Waals surface area (Å²) in [5, 5.41) is 9.60. The Labute approximate surface area is 186 Å². The Kier molecular flexibility index (Phi) is 6.42. The molecule has 6 nitrogen and oxygen atoms in total. The number of aromatic amines is 1. The van der Waals surface area contributed by atoms with Crippen LogP contribution in [0.2, 0.25) is 0 Å². The molecular weight excluding hydrogens is 408 g/mol. The highest BCUT2D eigenvalue weighted by molar-refractivity contribution is 7.99. The average Bonchev–Trinajstić information content (AvgIpc) is 3.46. The van der Waals surface area contributed by atoms with Crippen molar-refractivity contribution in [3.63, 3.8) is 0 Å². The molecule has 1 N–H and O–H groups in total. The van der Waals surface area contributed by atoms with Gasteiger partial charge in [-0.15, -0.1) is 10.2 Å². The van der Waals surface area contributed by atoms with Crippen LogP contribution in [0.1, 0.15) is 36.7 Å². The summed E-state index contributed by atoms with van der Waals surface area (Å²) in [6.07, 6.45) is 2.71. The molecule has 0 amide bonds. The van der Waals surface area contributed by atoms with E-state index in [1.807, 2.05) is 24.3 Å². The zero-order valence-electron chi connectivity index (χ0n) is 18.0. The number of aryl methyl sites for hydroxylation is 1. The van der Waals surface area contributed by atoms with Crippen molar-refractivity contribution >= 4 is 34.1 Å². The zero-order valence-corrected chi connectivity index (χ0v) is 18.8. The molecule has 0 aliphatic rings. The summed E-state index contributed by atoms with van der Waals surface area (Å²) in [6.45, 7) is 8.30. The van der Waals surface area contributed by atoms with E-state index in [9.17, 15) is 4.79 Å². The number of nitrogens with zero attached hydrogens (tertiary/aromatic N) is 3. The highest BCUT2D eigenvalue weighted by Gasteiger charge is 2.16. The van der Waals surface area contributed by atoms with Crippen molar-refractivity contribution in [1.82, 2.24) is 15.2 Å². The first-order chi connectivity index (χ1) is 15.1. The predicted molar refractivity (Wildman–Crippen MR) is 126 cm³/mol. The summed E-state index contributed by atoms with van der Waals surface area (Å²) in [6, 6.07) is 14.1. The molecule has 0 aliphatic heterocycles. The van der Waals surface area contributed by atoms with E-state index >= 15 is 0 Å². The van der Waals surface area contributed by atoms with Crippen molar-refractivity contribution in [3.8, 4) is 11.5 Å². The summed E-state index contributed by atoms with van der Waals surface area (Å²) in [7, 11) is 0. The Morgan fingerprint density at radius 3 is 2.55 bits per heavy atom. The van der Waals surface area contributed by atoms with Gasteiger partial charge in [0.1, 0.15) is 0 Å². The molecule has 0 atom stereocenters. The average molecular weight is 435 g/mol. The molecule has 2 heterocycles. The smallest absolute Gasteiger partial charge is 0.277 e. The van der Waals surface area contributed by atoms with Gasteiger partial charge in [0.2, 0.25) is 5.89 Å². The van der Waals surface area contributed by atoms with Gasteiger partial charge in [0.05, 0.1) is 5.75 Å². The second-order valence-electron chi connectivity index (χ2n) is 7.20. The fourth-order valence-corrected chi connectivity index (χ4v) is 4.38. The van der Waals surface area contributed by atoms with Crippen LogP contribution < -0.4 is 4.90 Å². The number of hydrogen-bond acceptors (Lipinski definition) is 6. The number of H-pyrrole nitrogens is 1. The first-order valence-corrected chi connectivity index (χ1v) is 11.6. The van der Waals surface area contributed by atoms with Gasteiger partial charge < -0.3 is 14.3 Å². The molecule has 0 saturated carbocycles. The first-order valence-electron chi connectivity index (χ1n) is 10.6. The molecule has 0 bridgehead atoms. The van der Waals surface area contributed by atoms with Gasteiger partial charge in [-0.3, -0.25) is 4.79 Å². The van der Waals surface area contributed by atoms with Crippen LogP contribution in [0, 0.1) is 0 Å². The van der Waals surface area contributed by atoms with Crippen LogP contribution in [0.3, 0.4) is 0 Å². The Morgan fingerprint density at radius 1 is 1.06 bits per heavy atom. The van der Waals surface area contributed by atoms with E-state index in [4.69, 9.17) is 4.42 Å². The molecule has 2 aromatic heterocycles. The number of nitrogens with one attached hydrogen (secondary N) is 1. The lowest BCUT2D eigenvalue weighted by Gasteiger charge is -2.20. The Hall–Kier alpha value is -3.06. The minimum atomic E-state index is 0.0350. The van der Waals surface area contributed by atoms with E-state index in [0.717, 1.165) is 36.0 Å². The summed E-state index contributed by atoms with van der Waals surface area (Å²) in [5.74, 6) is 0.736. The third-order valence-electron chi connectivity index (χ3n) is 5.46. The number of hydrogen-bond donors (Lipinski definition) is 1. The number of benzene rings is 2. The largest absolute Gasteiger partial charge is 0.411 e. The molecule has 4 rings (SSSR count). The normalized spacial score (nSPS) is 11.2. The van der Waals surface area contributed by atoms with Crippen LogP contribution in [0.25, 0.3) is 22.4 Å². The monoisotopic (exact) mass is 434 g/mol. The summed E-state index contributed by atoms with van der Waals surface area (Å²) >= 11 is 1.26. The minimum absolute atomic E-state index is 0.0350. The van der Waals surface area contributed by atoms with Crippen molar-refractivity contribution in [2.24, 2.45) is 0 Å². The summed E-state index contributed by atoms with van der Waals surface area (Å²) in [5.41, 5.74) is 4.97. The van der Waals surface area contributed by atoms with Gasteiger partial charge in [0.25, 0.3) is 5.22 Å². The van der Waals surface area contributed by atoms with Gasteiger partial charge in [-0.05, 0) is 50.1 Å². The molecule has 160 valence electrons. The van der Waals surface area contributed by atoms with Gasteiger partial charge in [0, 0.05) is 47.0 Å². The Morgan fingerprint density at radius 2 is 1.84 bits per heavy atom. The number of anilines is 1. The van der Waals surface area contributed by atoms with Crippen molar-refractivity contribution in [2.45, 2.75) is 32.4 Å². The SMILES string of the molecule is CCc1cccc2c(C(=O)CSc3nnc(-c4ccc(N(CC)CC)cc4)o3)c[nH]c12. The van der Waals surface area contributed by atoms with Gasteiger partial charge in [0.15, 0.2) is 5.78 Å². The quantitative estimate of drug-likeness (QED) is 0.273. The lowest BCUT2D eigenvalue weighted by molar-refractivity contribution is 0.102. The number of aromatic nitrogens is 3. The van der Waals surface area contributed by atoms with E-state index in [2.05, 4.69) is 59.1 Å². The van der Waals surface area contributed by atoms with Crippen LogP contribution in [0.5, 0.6) is 0 Å². The second kappa shape index (κ2) is 9.39. The van der Waals surface area contributed by atoms with Gasteiger partial charge >= 0.3 is 0 Å². The Bertz CT molecular complexity index is 1180. The molecule has 0 radical (unpaired) electrons. The number of ketones is 1. The number of carbonyl (C=O) groups is 1. The lowest BCUT2D eigenvalue weighted by Crippen LogP contribution is -2.21. The molecule has 2 aromatic carbocycles. The fraction of sp³-hybridized carbons (Fsp3) is 0.292. The maximum Gasteiger partial charge on any atom is 0.277 e. The third kappa shape index (κ3) is 4.37. The fourth-order valence-electron chi connectivity index (χ4n) is 3.74. The summed E-state index contributed by atoms with van der Waals surface area (Å²) < 4.78 is 5.78. The van der Waals surface area contributed by atoms with Crippen molar-refractivity contribution in [3.05, 3.63) is 59.8 Å². The predicted octanol–water partition coefficient (Wildman–Crippen LogP) is 5.60. The topological polar surface area (TPSA) is 75.0 Å². The van der Waals surface area contributed by atoms with Crippen LogP contribution in [-0.2, 0) is 6.42 Å². The van der Waals surface area contributed by atoms with Crippen molar-refractivity contribution < 1.29 is 9.21 Å². The van der Waals surface area contributed by atoms with Gasteiger partial charge in [-0.1, -0.05) is 36.9 Å². The number of rotatable bonds is 9. The molecular formula is C24H26N4O2S. The standard InChI is InChI=1S/C24H26N4O2S/c1-4-16-8-7-9-19-20(14-25-22(16)19)21(29)15-31-24-27-26-23(30-24)17-10-12-18(13-11-17)28(5-2)6-3/h7-14,25H,4-6,15H2,1-3H3. The zero-order chi connectivity index (χ0) is 21.8. The van der Waals surface area contributed by atoms with E-state index < -0.39 is 0 Å². The molecule has 7 heteroatoms. The second-order valence-corrected chi connectivity index (χ2v) is 8.13. The Balaban J connectivity index is 1.43. The number of carbonyl (C=O) groups excluding carboxylic acids is 1. The van der Waals surface area contributed by atoms with Crippen LogP contribution in [0.4, 0.5) is 5.69 Å². The molecule has 0 spiro atoms. The number of para-hydroxylation sites is 1. The van der Waals surface area contributed by atoms with Gasteiger partial charge in [-0.2, -0.15) is 0 Å². The highest BCUT2D eigenvalue weighted by Crippen LogP contribution is 2.27. The van der Waals surface area contributed by atoms with Gasteiger partial charge in [-0.25, -0.2) is 0 Å². The molecule has 4 aromatic rings. The van der Waals surface area contributed by atoms with E-state index in [1.54, 1.807) is 6.20 Å². The minimum Gasteiger partial charge on any atom is -0.411 e. The maximum atomic E-state index is 12.8. The van der Waals surface area contributed by atoms with Crippen LogP contribution in [-0.4, -0.2) is 39.8 Å². The lowest BCUT2D eigenvalue weighted by atomic mass is 10.1. The third-order valence-corrected chi connectivity index (χ3v) is 6.28. The molecule has 0 unspecified atom stereocenters. The first kappa shape index (κ1) is 21.2. The molecule has 0 saturated heterocycles. The van der Waals surface area contributed by atoms with E-state index in [1.165, 1.54) is 23.0 Å². The van der Waals surface area contributed by atoms with Crippen molar-refractivity contribution in [1.29, 1.82) is 0 Å². The molecule has 0 fully saturated rings.